The molecular weight excluding hydrogens is 360 g/mol. The van der Waals surface area contributed by atoms with Gasteiger partial charge in [0, 0.05) is 12.5 Å². The topological polar surface area (TPSA) is 76.9 Å². The Morgan fingerprint density at radius 3 is 2.70 bits per heavy atom. The van der Waals surface area contributed by atoms with Crippen molar-refractivity contribution in [2.75, 3.05) is 6.54 Å². The molecule has 0 fully saturated rings. The quantitative estimate of drug-likeness (QED) is 0.579. The van der Waals surface area contributed by atoms with E-state index in [1.54, 1.807) is 17.4 Å². The van der Waals surface area contributed by atoms with E-state index >= 15 is 0 Å². The average molecular weight is 378 g/mol. The van der Waals surface area contributed by atoms with Crippen molar-refractivity contribution in [3.63, 3.8) is 0 Å². The second kappa shape index (κ2) is 7.28. The molecule has 1 atom stereocenters. The van der Waals surface area contributed by atoms with Crippen LogP contribution in [0.5, 0.6) is 0 Å². The number of carbonyl (C=O) groups is 1. The van der Waals surface area contributed by atoms with Gasteiger partial charge in [0.15, 0.2) is 0 Å². The Hall–Kier alpha value is -3.06. The lowest BCUT2D eigenvalue weighted by molar-refractivity contribution is -0.121. The molecule has 0 saturated heterocycles. The molecule has 0 saturated carbocycles. The van der Waals surface area contributed by atoms with Crippen molar-refractivity contribution < 1.29 is 4.79 Å². The molecule has 0 bridgehead atoms. The lowest BCUT2D eigenvalue weighted by Gasteiger charge is -2.12. The van der Waals surface area contributed by atoms with Crippen molar-refractivity contribution in [3.8, 4) is 0 Å². The molecule has 27 heavy (non-hydrogen) atoms. The number of benzene rings is 2. The Kier molecular flexibility index (Phi) is 4.68. The van der Waals surface area contributed by atoms with Crippen molar-refractivity contribution in [2.24, 2.45) is 0 Å². The Labute approximate surface area is 159 Å². The highest BCUT2D eigenvalue weighted by molar-refractivity contribution is 7.18. The number of nitrogens with zero attached hydrogens (tertiary/aromatic N) is 3. The van der Waals surface area contributed by atoms with Gasteiger partial charge in [-0.2, -0.15) is 0 Å². The fourth-order valence-corrected chi connectivity index (χ4v) is 3.95. The Bertz CT molecular complexity index is 1150. The fourth-order valence-electron chi connectivity index (χ4n) is 2.93. The maximum atomic E-state index is 12.4. The third-order valence-corrected chi connectivity index (χ3v) is 5.66. The predicted molar refractivity (Wildman–Crippen MR) is 107 cm³/mol. The van der Waals surface area contributed by atoms with Crippen LogP contribution in [-0.4, -0.2) is 27.0 Å². The Morgan fingerprint density at radius 1 is 1.15 bits per heavy atom. The van der Waals surface area contributed by atoms with Gasteiger partial charge in [-0.25, -0.2) is 9.97 Å². The third-order valence-electron chi connectivity index (χ3n) is 4.39. The van der Waals surface area contributed by atoms with Crippen LogP contribution in [0.25, 0.3) is 21.3 Å². The lowest BCUT2D eigenvalue weighted by Crippen LogP contribution is -2.34. The molecule has 0 aliphatic heterocycles. The molecule has 2 aromatic carbocycles. The number of carbonyl (C=O) groups excluding carboxylic acids is 1. The van der Waals surface area contributed by atoms with Crippen molar-refractivity contribution in [1.29, 1.82) is 0 Å². The number of para-hydroxylation sites is 3. The minimum absolute atomic E-state index is 0.0333. The van der Waals surface area contributed by atoms with Crippen molar-refractivity contribution in [2.45, 2.75) is 19.4 Å². The van der Waals surface area contributed by atoms with E-state index in [2.05, 4.69) is 15.3 Å². The first kappa shape index (κ1) is 17.4. The minimum atomic E-state index is -0.289. The van der Waals surface area contributed by atoms with Crippen LogP contribution in [0.1, 0.15) is 17.8 Å². The van der Waals surface area contributed by atoms with Crippen LogP contribution in [0.2, 0.25) is 0 Å². The van der Waals surface area contributed by atoms with Crippen LogP contribution in [0.4, 0.5) is 0 Å². The van der Waals surface area contributed by atoms with Gasteiger partial charge in [-0.05, 0) is 24.3 Å². The molecule has 136 valence electrons. The number of fused-ring (bicyclic) bond motifs is 2. The largest absolute Gasteiger partial charge is 0.354 e. The molecule has 6 nitrogen and oxygen atoms in total. The van der Waals surface area contributed by atoms with Crippen LogP contribution < -0.4 is 10.9 Å². The van der Waals surface area contributed by atoms with E-state index in [0.29, 0.717) is 17.6 Å². The average Bonchev–Trinajstić information content (AvgIpc) is 3.13. The molecule has 2 heterocycles. The first-order chi connectivity index (χ1) is 13.1. The number of nitrogens with one attached hydrogen (secondary N) is 1. The summed E-state index contributed by atoms with van der Waals surface area (Å²) in [7, 11) is 0. The zero-order valence-corrected chi connectivity index (χ0v) is 15.6. The van der Waals surface area contributed by atoms with Gasteiger partial charge in [0.05, 0.1) is 32.5 Å². The summed E-state index contributed by atoms with van der Waals surface area (Å²) in [6.45, 7) is 2.47. The number of hydrogen-bond acceptors (Lipinski definition) is 5. The van der Waals surface area contributed by atoms with Crippen molar-refractivity contribution in [3.05, 3.63) is 70.1 Å². The number of thiazole rings is 1. The summed E-state index contributed by atoms with van der Waals surface area (Å²) in [5.74, 6) is -0.112. The Morgan fingerprint density at radius 2 is 1.89 bits per heavy atom. The molecule has 1 N–H and O–H groups in total. The summed E-state index contributed by atoms with van der Waals surface area (Å²) in [5, 5.41) is 3.90. The summed E-state index contributed by atoms with van der Waals surface area (Å²) in [6.07, 6.45) is 1.25. The fraction of sp³-hybridized carbons (Fsp3) is 0.200. The summed E-state index contributed by atoms with van der Waals surface area (Å²) in [5.41, 5.74) is 2.03. The summed E-state index contributed by atoms with van der Waals surface area (Å²) >= 11 is 1.64. The normalized spacial score (nSPS) is 12.3. The number of aromatic nitrogens is 3. The first-order valence-electron chi connectivity index (χ1n) is 8.68. The van der Waals surface area contributed by atoms with Gasteiger partial charge >= 0.3 is 0 Å². The molecule has 1 amide bonds. The third kappa shape index (κ3) is 3.59. The van der Waals surface area contributed by atoms with E-state index in [9.17, 15) is 9.59 Å². The smallest absolute Gasteiger partial charge is 0.269 e. The summed E-state index contributed by atoms with van der Waals surface area (Å²) in [4.78, 5) is 33.3. The standard InChI is InChI=1S/C20H18N4O2S/c1-13(20-23-15-7-3-5-9-17(15)27-20)10-22-18(25)12-24-16-8-4-2-6-14(16)21-11-19(24)26/h2-9,11,13H,10,12H2,1H3,(H,22,25). The van der Waals surface area contributed by atoms with Gasteiger partial charge in [-0.3, -0.25) is 14.2 Å². The van der Waals surface area contributed by atoms with Gasteiger partial charge in [0.25, 0.3) is 5.56 Å². The van der Waals surface area contributed by atoms with E-state index < -0.39 is 0 Å². The minimum Gasteiger partial charge on any atom is -0.354 e. The molecule has 0 aliphatic carbocycles. The Balaban J connectivity index is 1.45. The van der Waals surface area contributed by atoms with E-state index in [1.165, 1.54) is 10.8 Å². The first-order valence-corrected chi connectivity index (χ1v) is 9.50. The van der Waals surface area contributed by atoms with Crippen LogP contribution in [0.3, 0.4) is 0 Å². The highest BCUT2D eigenvalue weighted by Crippen LogP contribution is 2.26. The molecule has 2 aromatic heterocycles. The second-order valence-corrected chi connectivity index (χ2v) is 7.46. The molecule has 4 rings (SSSR count). The van der Waals surface area contributed by atoms with Crippen LogP contribution >= 0.6 is 11.3 Å². The molecule has 0 spiro atoms. The zero-order chi connectivity index (χ0) is 18.8. The number of rotatable bonds is 5. The molecule has 7 heteroatoms. The zero-order valence-electron chi connectivity index (χ0n) is 14.8. The summed E-state index contributed by atoms with van der Waals surface area (Å²) in [6, 6.07) is 15.3. The molecule has 1 unspecified atom stereocenters. The van der Waals surface area contributed by atoms with E-state index in [4.69, 9.17) is 0 Å². The highest BCUT2D eigenvalue weighted by atomic mass is 32.1. The van der Waals surface area contributed by atoms with Crippen LogP contribution in [-0.2, 0) is 11.3 Å². The van der Waals surface area contributed by atoms with E-state index in [1.807, 2.05) is 49.4 Å². The van der Waals surface area contributed by atoms with Crippen LogP contribution in [0, 0.1) is 0 Å². The second-order valence-electron chi connectivity index (χ2n) is 6.40. The maximum Gasteiger partial charge on any atom is 0.269 e. The number of hydrogen-bond donors (Lipinski definition) is 1. The highest BCUT2D eigenvalue weighted by Gasteiger charge is 2.14. The van der Waals surface area contributed by atoms with Gasteiger partial charge in [-0.1, -0.05) is 31.2 Å². The lowest BCUT2D eigenvalue weighted by atomic mass is 10.2. The molecule has 0 aliphatic rings. The SMILES string of the molecule is CC(CNC(=O)Cn1c(=O)cnc2ccccc21)c1nc2ccccc2s1. The summed E-state index contributed by atoms with van der Waals surface area (Å²) < 4.78 is 2.58. The predicted octanol–water partition coefficient (Wildman–Crippen LogP) is 2.93. The monoisotopic (exact) mass is 378 g/mol. The van der Waals surface area contributed by atoms with E-state index in [-0.39, 0.29) is 23.9 Å². The van der Waals surface area contributed by atoms with Gasteiger partial charge in [0.1, 0.15) is 6.54 Å². The van der Waals surface area contributed by atoms with E-state index in [0.717, 1.165) is 15.2 Å². The van der Waals surface area contributed by atoms with Gasteiger partial charge in [-0.15, -0.1) is 11.3 Å². The van der Waals surface area contributed by atoms with Gasteiger partial charge < -0.3 is 5.32 Å². The van der Waals surface area contributed by atoms with Crippen molar-refractivity contribution in [1.82, 2.24) is 19.9 Å². The molecule has 0 radical (unpaired) electrons. The molecular formula is C20H18N4O2S. The number of amides is 1. The van der Waals surface area contributed by atoms with Crippen molar-refractivity contribution >= 4 is 38.5 Å². The maximum absolute atomic E-state index is 12.4. The van der Waals surface area contributed by atoms with Crippen LogP contribution in [0.15, 0.2) is 59.5 Å². The van der Waals surface area contributed by atoms with Gasteiger partial charge in [0.2, 0.25) is 5.91 Å². The molecule has 4 aromatic rings.